The second-order valence-corrected chi connectivity index (χ2v) is 10.2. The van der Waals surface area contributed by atoms with Gasteiger partial charge in [0.1, 0.15) is 17.2 Å². The number of benzene rings is 2. The molecule has 1 saturated carbocycles. The first kappa shape index (κ1) is 24.6. The Balaban J connectivity index is 1.72. The number of hydrogen-bond acceptors (Lipinski definition) is 4. The second kappa shape index (κ2) is 9.85. The summed E-state index contributed by atoms with van der Waals surface area (Å²) in [6.07, 6.45) is 0.177. The number of halogens is 3. The third-order valence-electron chi connectivity index (χ3n) is 5.32. The zero-order valence-electron chi connectivity index (χ0n) is 18.4. The van der Waals surface area contributed by atoms with E-state index in [1.54, 1.807) is 20.8 Å². The minimum atomic E-state index is -1.02. The van der Waals surface area contributed by atoms with Gasteiger partial charge in [-0.3, -0.25) is 0 Å². The van der Waals surface area contributed by atoms with Gasteiger partial charge < -0.3 is 20.5 Å². The maximum absolute atomic E-state index is 13.7. The zero-order valence-corrected chi connectivity index (χ0v) is 20.0. The number of rotatable bonds is 8. The Morgan fingerprint density at radius 2 is 1.84 bits per heavy atom. The molecule has 1 aliphatic rings. The first-order valence-electron chi connectivity index (χ1n) is 10.6. The van der Waals surface area contributed by atoms with Gasteiger partial charge in [-0.15, -0.1) is 0 Å². The van der Waals surface area contributed by atoms with Crippen LogP contribution in [0.2, 0.25) is 0 Å². The van der Waals surface area contributed by atoms with Gasteiger partial charge in [-0.2, -0.15) is 0 Å². The molecule has 32 heavy (non-hydrogen) atoms. The lowest BCUT2D eigenvalue weighted by molar-refractivity contribution is 0.0419. The molecule has 2 aromatic rings. The van der Waals surface area contributed by atoms with Crippen LogP contribution in [0.4, 0.5) is 13.6 Å². The van der Waals surface area contributed by atoms with Crippen LogP contribution in [0, 0.1) is 11.6 Å². The van der Waals surface area contributed by atoms with Crippen molar-refractivity contribution in [1.82, 2.24) is 10.6 Å². The summed E-state index contributed by atoms with van der Waals surface area (Å²) in [4.78, 5) is 12.4. The van der Waals surface area contributed by atoms with Gasteiger partial charge in [0.05, 0.1) is 12.1 Å². The number of hydrogen-bond donors (Lipinski definition) is 3. The fraction of sp³-hybridized carbons (Fsp3) is 0.458. The van der Waals surface area contributed by atoms with Crippen LogP contribution in [0.25, 0.3) is 0 Å². The molecule has 174 valence electrons. The Kier molecular flexibility index (Phi) is 7.57. The van der Waals surface area contributed by atoms with Crippen LogP contribution in [0.5, 0.6) is 0 Å². The fourth-order valence-electron chi connectivity index (χ4n) is 3.65. The van der Waals surface area contributed by atoms with Crippen LogP contribution in [-0.4, -0.2) is 35.5 Å². The summed E-state index contributed by atoms with van der Waals surface area (Å²) in [5, 5.41) is 17.0. The monoisotopic (exact) mass is 510 g/mol. The van der Waals surface area contributed by atoms with Crippen molar-refractivity contribution in [3.05, 3.63) is 69.7 Å². The number of alkyl carbamates (subject to hydrolysis) is 1. The van der Waals surface area contributed by atoms with Crippen LogP contribution in [0.3, 0.4) is 0 Å². The molecule has 0 spiro atoms. The molecule has 0 aliphatic heterocycles. The van der Waals surface area contributed by atoms with Gasteiger partial charge in [-0.25, -0.2) is 13.6 Å². The topological polar surface area (TPSA) is 70.6 Å². The quantitative estimate of drug-likeness (QED) is 0.476. The number of aliphatic hydroxyl groups is 1. The van der Waals surface area contributed by atoms with E-state index in [4.69, 9.17) is 4.74 Å². The van der Waals surface area contributed by atoms with E-state index in [2.05, 4.69) is 26.6 Å². The van der Waals surface area contributed by atoms with Crippen LogP contribution < -0.4 is 10.6 Å². The lowest BCUT2D eigenvalue weighted by Crippen LogP contribution is -2.51. The number of nitrogens with one attached hydrogen (secondary N) is 2. The van der Waals surface area contributed by atoms with Crippen LogP contribution >= 0.6 is 15.9 Å². The molecule has 0 bridgehead atoms. The lowest BCUT2D eigenvalue weighted by Gasteiger charge is -2.28. The molecule has 3 N–H and O–H groups in total. The fourth-order valence-corrected chi connectivity index (χ4v) is 4.05. The molecule has 2 atom stereocenters. The normalized spacial score (nSPS) is 16.8. The summed E-state index contributed by atoms with van der Waals surface area (Å²) in [6.45, 7) is 5.38. The summed E-state index contributed by atoms with van der Waals surface area (Å²) >= 11 is 3.49. The maximum atomic E-state index is 13.7. The number of carbonyl (C=O) groups is 1. The lowest BCUT2D eigenvalue weighted by atomic mass is 9.99. The van der Waals surface area contributed by atoms with E-state index in [0.717, 1.165) is 28.9 Å². The zero-order chi connectivity index (χ0) is 23.5. The first-order chi connectivity index (χ1) is 15.0. The highest BCUT2D eigenvalue weighted by Gasteiger charge is 2.44. The van der Waals surface area contributed by atoms with E-state index >= 15 is 0 Å². The molecule has 0 saturated heterocycles. The van der Waals surface area contributed by atoms with E-state index in [1.807, 2.05) is 24.3 Å². The van der Waals surface area contributed by atoms with Crippen molar-refractivity contribution in [3.63, 3.8) is 0 Å². The summed E-state index contributed by atoms with van der Waals surface area (Å²) in [5.74, 6) is -1.43. The molecule has 1 amide bonds. The highest BCUT2D eigenvalue weighted by Crippen LogP contribution is 2.46. The van der Waals surface area contributed by atoms with Crippen LogP contribution in [0.15, 0.2) is 46.9 Å². The van der Waals surface area contributed by atoms with Gasteiger partial charge in [0.25, 0.3) is 0 Å². The predicted molar refractivity (Wildman–Crippen MR) is 122 cm³/mol. The van der Waals surface area contributed by atoms with Crippen molar-refractivity contribution in [2.24, 2.45) is 0 Å². The third-order valence-corrected chi connectivity index (χ3v) is 5.81. The summed E-state index contributed by atoms with van der Waals surface area (Å²) < 4.78 is 33.6. The molecule has 1 aliphatic carbocycles. The Hall–Kier alpha value is -2.03. The van der Waals surface area contributed by atoms with Crippen molar-refractivity contribution in [1.29, 1.82) is 0 Å². The molecule has 2 aromatic carbocycles. The predicted octanol–water partition coefficient (Wildman–Crippen LogP) is 4.80. The molecular formula is C24H29BrF2N2O3. The molecule has 1 unspecified atom stereocenters. The van der Waals surface area contributed by atoms with Gasteiger partial charge >= 0.3 is 6.09 Å². The average Bonchev–Trinajstić information content (AvgIpc) is 3.44. The highest BCUT2D eigenvalue weighted by molar-refractivity contribution is 9.10. The van der Waals surface area contributed by atoms with Gasteiger partial charge in [-0.1, -0.05) is 28.1 Å². The smallest absolute Gasteiger partial charge is 0.407 e. The Morgan fingerprint density at radius 3 is 2.41 bits per heavy atom. The standard InChI is InChI=1S/C24H29BrF2N2O3/c1-23(2,3)32-22(31)29-20(11-15-9-18(26)13-19(27)10-15)21(30)14-28-24(7-8-24)16-5-4-6-17(25)12-16/h4-6,9-10,12-13,20-21,28,30H,7-8,11,14H2,1-3H3,(H,29,31)/t20?,21-/m1/s1. The van der Waals surface area contributed by atoms with Crippen molar-refractivity contribution in [2.45, 2.75) is 63.3 Å². The van der Waals surface area contributed by atoms with Crippen molar-refractivity contribution < 1.29 is 23.4 Å². The minimum Gasteiger partial charge on any atom is -0.444 e. The van der Waals surface area contributed by atoms with E-state index in [1.165, 1.54) is 12.1 Å². The van der Waals surface area contributed by atoms with Gasteiger partial charge in [0.2, 0.25) is 0 Å². The van der Waals surface area contributed by atoms with Crippen molar-refractivity contribution >= 4 is 22.0 Å². The highest BCUT2D eigenvalue weighted by atomic mass is 79.9. The molecule has 0 radical (unpaired) electrons. The molecular weight excluding hydrogens is 482 g/mol. The first-order valence-corrected chi connectivity index (χ1v) is 11.4. The van der Waals surface area contributed by atoms with E-state index in [-0.39, 0.29) is 18.5 Å². The Bertz CT molecular complexity index is 940. The van der Waals surface area contributed by atoms with Crippen molar-refractivity contribution in [2.75, 3.05) is 6.54 Å². The largest absolute Gasteiger partial charge is 0.444 e. The average molecular weight is 511 g/mol. The number of ether oxygens (including phenoxy) is 1. The van der Waals surface area contributed by atoms with Gasteiger partial charge in [0.15, 0.2) is 0 Å². The second-order valence-electron chi connectivity index (χ2n) is 9.28. The van der Waals surface area contributed by atoms with E-state index in [0.29, 0.717) is 5.56 Å². The summed E-state index contributed by atoms with van der Waals surface area (Å²) in [7, 11) is 0. The molecule has 5 nitrogen and oxygen atoms in total. The Morgan fingerprint density at radius 1 is 1.19 bits per heavy atom. The SMILES string of the molecule is CC(C)(C)OC(=O)NC(Cc1cc(F)cc(F)c1)[C@H](O)CNC1(c2cccc(Br)c2)CC1. The number of amides is 1. The molecule has 0 aromatic heterocycles. The van der Waals surface area contributed by atoms with Crippen LogP contribution in [-0.2, 0) is 16.7 Å². The molecule has 8 heteroatoms. The van der Waals surface area contributed by atoms with E-state index < -0.39 is 35.5 Å². The number of carbonyl (C=O) groups excluding carboxylic acids is 1. The van der Waals surface area contributed by atoms with Crippen LogP contribution in [0.1, 0.15) is 44.7 Å². The summed E-state index contributed by atoms with van der Waals surface area (Å²) in [6, 6.07) is 10.3. The van der Waals surface area contributed by atoms with Crippen molar-refractivity contribution in [3.8, 4) is 0 Å². The number of aliphatic hydroxyl groups excluding tert-OH is 1. The van der Waals surface area contributed by atoms with Gasteiger partial charge in [0, 0.05) is 22.6 Å². The molecule has 0 heterocycles. The van der Waals surface area contributed by atoms with E-state index in [9.17, 15) is 18.7 Å². The Labute approximate surface area is 195 Å². The molecule has 1 fully saturated rings. The maximum Gasteiger partial charge on any atom is 0.407 e. The summed E-state index contributed by atoms with van der Waals surface area (Å²) in [5.41, 5.74) is 0.493. The molecule has 3 rings (SSSR count). The van der Waals surface area contributed by atoms with Gasteiger partial charge in [-0.05, 0) is 75.4 Å². The third kappa shape index (κ3) is 6.98. The minimum absolute atomic E-state index is 0.0423.